The predicted molar refractivity (Wildman–Crippen MR) is 82.7 cm³/mol. The van der Waals surface area contributed by atoms with Crippen molar-refractivity contribution in [3.05, 3.63) is 47.0 Å². The normalized spacial score (nSPS) is 18.2. The van der Waals surface area contributed by atoms with Gasteiger partial charge in [0.05, 0.1) is 11.1 Å². The Hall–Kier alpha value is -1.92. The molecule has 2 aromatic rings. The molecule has 1 aliphatic heterocycles. The molecule has 0 bridgehead atoms. The molecular formula is C15H16ClFN4O. The van der Waals surface area contributed by atoms with Gasteiger partial charge in [-0.05, 0) is 43.7 Å². The molecule has 3 rings (SSSR count). The minimum atomic E-state index is -0.571. The third-order valence-corrected chi connectivity index (χ3v) is 3.97. The Morgan fingerprint density at radius 1 is 1.45 bits per heavy atom. The van der Waals surface area contributed by atoms with Crippen molar-refractivity contribution in [2.24, 2.45) is 0 Å². The van der Waals surface area contributed by atoms with E-state index in [9.17, 15) is 9.18 Å². The second-order valence-electron chi connectivity index (χ2n) is 5.26. The highest BCUT2D eigenvalue weighted by Crippen LogP contribution is 2.20. The number of anilines is 1. The summed E-state index contributed by atoms with van der Waals surface area (Å²) in [5.41, 5.74) is 0.654. The van der Waals surface area contributed by atoms with Gasteiger partial charge in [0, 0.05) is 18.4 Å². The molecule has 1 fully saturated rings. The van der Waals surface area contributed by atoms with E-state index in [1.54, 1.807) is 18.3 Å². The van der Waals surface area contributed by atoms with Crippen LogP contribution in [0.4, 0.5) is 10.1 Å². The zero-order valence-corrected chi connectivity index (χ0v) is 12.6. The van der Waals surface area contributed by atoms with Crippen LogP contribution in [0.15, 0.2) is 30.5 Å². The minimum absolute atomic E-state index is 0.0204. The van der Waals surface area contributed by atoms with Crippen LogP contribution in [-0.2, 0) is 0 Å². The summed E-state index contributed by atoms with van der Waals surface area (Å²) in [6.45, 7) is 1.87. The van der Waals surface area contributed by atoms with Gasteiger partial charge < -0.3 is 10.6 Å². The van der Waals surface area contributed by atoms with Crippen LogP contribution in [0.5, 0.6) is 0 Å². The van der Waals surface area contributed by atoms with Crippen molar-refractivity contribution in [1.82, 2.24) is 15.1 Å². The fourth-order valence-electron chi connectivity index (χ4n) is 2.49. The van der Waals surface area contributed by atoms with Crippen LogP contribution in [0.3, 0.4) is 0 Å². The van der Waals surface area contributed by atoms with Crippen LogP contribution in [-0.4, -0.2) is 28.8 Å². The maximum Gasteiger partial charge on any atom is 0.276 e. The van der Waals surface area contributed by atoms with Crippen LogP contribution >= 0.6 is 11.6 Å². The lowest BCUT2D eigenvalue weighted by Crippen LogP contribution is -2.32. The highest BCUT2D eigenvalue weighted by atomic mass is 35.5. The number of halogens is 2. The maximum atomic E-state index is 13.4. The fourth-order valence-corrected chi connectivity index (χ4v) is 2.61. The summed E-state index contributed by atoms with van der Waals surface area (Å²) in [5, 5.41) is 10.3. The molecular weight excluding hydrogens is 307 g/mol. The van der Waals surface area contributed by atoms with Crippen molar-refractivity contribution in [1.29, 1.82) is 0 Å². The van der Waals surface area contributed by atoms with Crippen LogP contribution in [0, 0.1) is 5.82 Å². The first kappa shape index (κ1) is 15.0. The van der Waals surface area contributed by atoms with Crippen molar-refractivity contribution >= 4 is 23.2 Å². The molecule has 2 heterocycles. The van der Waals surface area contributed by atoms with Crippen molar-refractivity contribution in [2.75, 3.05) is 18.4 Å². The fraction of sp³-hybridized carbons (Fsp3) is 0.333. The zero-order chi connectivity index (χ0) is 15.5. The van der Waals surface area contributed by atoms with Gasteiger partial charge >= 0.3 is 0 Å². The topological polar surface area (TPSA) is 59.0 Å². The van der Waals surface area contributed by atoms with E-state index in [1.165, 1.54) is 12.1 Å². The van der Waals surface area contributed by atoms with Gasteiger partial charge in [-0.25, -0.2) is 4.39 Å². The molecule has 116 valence electrons. The second-order valence-corrected chi connectivity index (χ2v) is 5.67. The van der Waals surface area contributed by atoms with E-state index in [0.717, 1.165) is 25.9 Å². The number of hydrogen-bond acceptors (Lipinski definition) is 3. The number of amides is 1. The van der Waals surface area contributed by atoms with Gasteiger partial charge in [-0.2, -0.15) is 5.10 Å². The third-order valence-electron chi connectivity index (χ3n) is 3.66. The summed E-state index contributed by atoms with van der Waals surface area (Å²) in [6.07, 6.45) is 3.93. The number of rotatable bonds is 3. The largest absolute Gasteiger partial charge is 0.320 e. The van der Waals surface area contributed by atoms with Crippen LogP contribution in [0.25, 0.3) is 0 Å². The lowest BCUT2D eigenvalue weighted by Gasteiger charge is -2.22. The second kappa shape index (κ2) is 6.46. The van der Waals surface area contributed by atoms with Crippen molar-refractivity contribution < 1.29 is 9.18 Å². The Labute approximate surface area is 132 Å². The van der Waals surface area contributed by atoms with Gasteiger partial charge in [-0.15, -0.1) is 0 Å². The molecule has 5 nitrogen and oxygen atoms in total. The summed E-state index contributed by atoms with van der Waals surface area (Å²) in [7, 11) is 0. The molecule has 1 aromatic carbocycles. The number of aromatic nitrogens is 2. The highest BCUT2D eigenvalue weighted by molar-refractivity contribution is 6.30. The Morgan fingerprint density at radius 3 is 3.05 bits per heavy atom. The number of benzene rings is 1. The van der Waals surface area contributed by atoms with Crippen LogP contribution in [0.1, 0.15) is 29.4 Å². The Kier molecular flexibility index (Phi) is 4.40. The Bertz CT molecular complexity index is 682. The van der Waals surface area contributed by atoms with E-state index in [2.05, 4.69) is 15.7 Å². The summed E-state index contributed by atoms with van der Waals surface area (Å²) >= 11 is 5.61. The average molecular weight is 323 g/mol. The first-order chi connectivity index (χ1) is 10.6. The van der Waals surface area contributed by atoms with Gasteiger partial charge in [0.1, 0.15) is 5.82 Å². The van der Waals surface area contributed by atoms with E-state index in [4.69, 9.17) is 11.6 Å². The molecule has 1 saturated heterocycles. The molecule has 0 aliphatic carbocycles. The molecule has 1 unspecified atom stereocenters. The number of carbonyl (C=O) groups excluding carboxylic acids is 1. The quantitative estimate of drug-likeness (QED) is 0.913. The molecule has 2 N–H and O–H groups in total. The number of carbonyl (C=O) groups is 1. The number of nitrogens with one attached hydrogen (secondary N) is 2. The van der Waals surface area contributed by atoms with E-state index >= 15 is 0 Å². The standard InChI is InChI=1S/C15H16ClFN4O/c16-12-4-3-10(8-13(12)17)19-15(22)14-5-7-21(20-14)11-2-1-6-18-9-11/h3-5,7-8,11,18H,1-2,6,9H2,(H,19,22). The SMILES string of the molecule is O=C(Nc1ccc(Cl)c(F)c1)c1ccn(C2CCCNC2)n1. The lowest BCUT2D eigenvalue weighted by molar-refractivity contribution is 0.102. The monoisotopic (exact) mass is 322 g/mol. The smallest absolute Gasteiger partial charge is 0.276 e. The van der Waals surface area contributed by atoms with Gasteiger partial charge in [-0.3, -0.25) is 9.48 Å². The van der Waals surface area contributed by atoms with E-state index < -0.39 is 5.82 Å². The molecule has 0 radical (unpaired) electrons. The number of hydrogen-bond donors (Lipinski definition) is 2. The molecule has 0 saturated carbocycles. The molecule has 1 atom stereocenters. The third kappa shape index (κ3) is 3.28. The van der Waals surface area contributed by atoms with Crippen molar-refractivity contribution in [3.8, 4) is 0 Å². The van der Waals surface area contributed by atoms with Gasteiger partial charge in [0.2, 0.25) is 0 Å². The summed E-state index contributed by atoms with van der Waals surface area (Å²) in [4.78, 5) is 12.1. The average Bonchev–Trinajstić information content (AvgIpc) is 3.02. The van der Waals surface area contributed by atoms with E-state index in [-0.39, 0.29) is 17.0 Å². The van der Waals surface area contributed by atoms with Crippen molar-refractivity contribution in [3.63, 3.8) is 0 Å². The molecule has 22 heavy (non-hydrogen) atoms. The number of nitrogens with zero attached hydrogens (tertiary/aromatic N) is 2. The highest BCUT2D eigenvalue weighted by Gasteiger charge is 2.18. The summed E-state index contributed by atoms with van der Waals surface area (Å²) in [6, 6.07) is 6.06. The van der Waals surface area contributed by atoms with Crippen LogP contribution in [0.2, 0.25) is 5.02 Å². The predicted octanol–water partition coefficient (Wildman–Crippen LogP) is 2.85. The maximum absolute atomic E-state index is 13.4. The van der Waals surface area contributed by atoms with Gasteiger partial charge in [0.25, 0.3) is 5.91 Å². The van der Waals surface area contributed by atoms with Gasteiger partial charge in [-0.1, -0.05) is 11.6 Å². The molecule has 1 aromatic heterocycles. The Morgan fingerprint density at radius 2 is 2.32 bits per heavy atom. The first-order valence-electron chi connectivity index (χ1n) is 7.16. The number of piperidine rings is 1. The summed E-state index contributed by atoms with van der Waals surface area (Å²) < 4.78 is 15.2. The molecule has 1 aliphatic rings. The van der Waals surface area contributed by atoms with Crippen LogP contribution < -0.4 is 10.6 Å². The molecule has 0 spiro atoms. The lowest BCUT2D eigenvalue weighted by atomic mass is 10.1. The first-order valence-corrected chi connectivity index (χ1v) is 7.53. The van der Waals surface area contributed by atoms with Gasteiger partial charge in [0.15, 0.2) is 5.69 Å². The van der Waals surface area contributed by atoms with E-state index in [1.807, 2.05) is 4.68 Å². The van der Waals surface area contributed by atoms with Crippen molar-refractivity contribution in [2.45, 2.75) is 18.9 Å². The zero-order valence-electron chi connectivity index (χ0n) is 11.9. The Balaban J connectivity index is 1.69. The molecule has 1 amide bonds. The van der Waals surface area contributed by atoms with E-state index in [0.29, 0.717) is 11.4 Å². The molecule has 7 heteroatoms. The summed E-state index contributed by atoms with van der Waals surface area (Å²) in [5.74, 6) is -0.942. The minimum Gasteiger partial charge on any atom is -0.320 e.